The van der Waals surface area contributed by atoms with Gasteiger partial charge in [0, 0.05) is 0 Å². The average molecular weight is 260 g/mol. The van der Waals surface area contributed by atoms with Gasteiger partial charge in [0.05, 0.1) is 18.8 Å². The number of carbonyl (C=O) groups is 3. The van der Waals surface area contributed by atoms with E-state index >= 15 is 0 Å². The third kappa shape index (κ3) is 5.65. The van der Waals surface area contributed by atoms with E-state index in [1.807, 2.05) is 0 Å². The predicted molar refractivity (Wildman–Crippen MR) is 62.6 cm³/mol. The Morgan fingerprint density at radius 3 is 1.50 bits per heavy atom. The van der Waals surface area contributed by atoms with Crippen molar-refractivity contribution in [3.8, 4) is 0 Å². The minimum absolute atomic E-state index is 0.0687. The smallest absolute Gasteiger partial charge is 0.332 e. The van der Waals surface area contributed by atoms with Crippen molar-refractivity contribution in [1.82, 2.24) is 0 Å². The molecule has 0 spiro atoms. The first-order valence-electron chi connectivity index (χ1n) is 5.87. The number of carbonyl (C=O) groups excluding carboxylic acids is 3. The minimum Gasteiger partial charge on any atom is -0.465 e. The van der Waals surface area contributed by atoms with Gasteiger partial charge < -0.3 is 14.2 Å². The van der Waals surface area contributed by atoms with E-state index in [2.05, 4.69) is 4.74 Å². The van der Waals surface area contributed by atoms with Crippen LogP contribution in [0, 0.1) is 5.92 Å². The summed E-state index contributed by atoms with van der Waals surface area (Å²) in [5.74, 6) is -4.52. The molecule has 6 nitrogen and oxygen atoms in total. The van der Waals surface area contributed by atoms with E-state index in [0.717, 1.165) is 0 Å². The summed E-state index contributed by atoms with van der Waals surface area (Å²) in [6, 6.07) is 0. The van der Waals surface area contributed by atoms with Crippen LogP contribution >= 0.6 is 0 Å². The molecule has 0 saturated heterocycles. The molecule has 0 radical (unpaired) electrons. The first-order chi connectivity index (χ1) is 8.29. The van der Waals surface area contributed by atoms with Crippen LogP contribution < -0.4 is 0 Å². The molecule has 6 heteroatoms. The highest BCUT2D eigenvalue weighted by molar-refractivity contribution is 6.12. The van der Waals surface area contributed by atoms with E-state index in [9.17, 15) is 14.4 Å². The predicted octanol–water partition coefficient (Wildman–Crippen LogP) is 1.07. The fourth-order valence-corrected chi connectivity index (χ4v) is 1.11. The summed E-state index contributed by atoms with van der Waals surface area (Å²) < 4.78 is 14.4. The SMILES string of the molecule is CCOC(=O)C(C(=O)OC(C)C)C(=O)OC(C)C. The maximum Gasteiger partial charge on any atom is 0.332 e. The van der Waals surface area contributed by atoms with E-state index in [1.54, 1.807) is 34.6 Å². The van der Waals surface area contributed by atoms with Gasteiger partial charge in [-0.15, -0.1) is 0 Å². The second-order valence-corrected chi connectivity index (χ2v) is 4.16. The quantitative estimate of drug-likeness (QED) is 0.404. The van der Waals surface area contributed by atoms with Crippen LogP contribution in [0.15, 0.2) is 0 Å². The van der Waals surface area contributed by atoms with Gasteiger partial charge in [-0.1, -0.05) is 0 Å². The van der Waals surface area contributed by atoms with Crippen molar-refractivity contribution in [3.63, 3.8) is 0 Å². The van der Waals surface area contributed by atoms with Gasteiger partial charge in [-0.25, -0.2) is 0 Å². The number of hydrogen-bond donors (Lipinski definition) is 0. The Morgan fingerprint density at radius 2 is 1.22 bits per heavy atom. The maximum absolute atomic E-state index is 11.7. The molecule has 0 fully saturated rings. The molecule has 0 rings (SSSR count). The van der Waals surface area contributed by atoms with Crippen LogP contribution in [0.2, 0.25) is 0 Å². The van der Waals surface area contributed by atoms with E-state index in [1.165, 1.54) is 0 Å². The molecule has 0 bridgehead atoms. The lowest BCUT2D eigenvalue weighted by Gasteiger charge is -2.17. The molecule has 0 aromatic heterocycles. The lowest BCUT2D eigenvalue weighted by molar-refractivity contribution is -0.175. The molecule has 0 unspecified atom stereocenters. The molecule has 0 saturated carbocycles. The van der Waals surface area contributed by atoms with Crippen LogP contribution in [0.25, 0.3) is 0 Å². The van der Waals surface area contributed by atoms with Crippen LogP contribution in [0.1, 0.15) is 34.6 Å². The Hall–Kier alpha value is -1.59. The number of esters is 3. The van der Waals surface area contributed by atoms with Crippen molar-refractivity contribution < 1.29 is 28.6 Å². The average Bonchev–Trinajstić information content (AvgIpc) is 2.14. The second-order valence-electron chi connectivity index (χ2n) is 4.16. The highest BCUT2D eigenvalue weighted by atomic mass is 16.6. The molecule has 0 aliphatic heterocycles. The van der Waals surface area contributed by atoms with Gasteiger partial charge in [0.25, 0.3) is 5.92 Å². The number of ether oxygens (including phenoxy) is 3. The fourth-order valence-electron chi connectivity index (χ4n) is 1.11. The Bertz CT molecular complexity index is 286. The van der Waals surface area contributed by atoms with Crippen molar-refractivity contribution in [2.75, 3.05) is 6.61 Å². The van der Waals surface area contributed by atoms with Gasteiger partial charge in [-0.2, -0.15) is 0 Å². The summed E-state index contributed by atoms with van der Waals surface area (Å²) in [5.41, 5.74) is 0. The van der Waals surface area contributed by atoms with Crippen molar-refractivity contribution in [2.24, 2.45) is 5.92 Å². The van der Waals surface area contributed by atoms with E-state index < -0.39 is 36.0 Å². The Labute approximate surface area is 107 Å². The van der Waals surface area contributed by atoms with Gasteiger partial charge >= 0.3 is 17.9 Å². The molecule has 18 heavy (non-hydrogen) atoms. The Morgan fingerprint density at radius 1 is 0.833 bits per heavy atom. The molecule has 0 amide bonds. The molecule has 0 aliphatic carbocycles. The second kappa shape index (κ2) is 7.68. The molecule has 0 heterocycles. The summed E-state index contributed by atoms with van der Waals surface area (Å²) in [7, 11) is 0. The standard InChI is InChI=1S/C12H20O6/c1-6-16-10(13)9(11(14)17-7(2)3)12(15)18-8(4)5/h7-9H,6H2,1-5H3. The third-order valence-corrected chi connectivity index (χ3v) is 1.70. The van der Waals surface area contributed by atoms with E-state index in [4.69, 9.17) is 9.47 Å². The summed E-state index contributed by atoms with van der Waals surface area (Å²) in [5, 5.41) is 0. The molecular weight excluding hydrogens is 240 g/mol. The Kier molecular flexibility index (Phi) is 7.00. The van der Waals surface area contributed by atoms with Crippen LogP contribution in [0.4, 0.5) is 0 Å². The molecule has 0 atom stereocenters. The highest BCUT2D eigenvalue weighted by Gasteiger charge is 2.39. The molecule has 0 aliphatic rings. The molecule has 104 valence electrons. The zero-order chi connectivity index (χ0) is 14.3. The molecular formula is C12H20O6. The number of rotatable bonds is 6. The van der Waals surface area contributed by atoms with Crippen molar-refractivity contribution in [2.45, 2.75) is 46.8 Å². The van der Waals surface area contributed by atoms with Gasteiger partial charge in [-0.3, -0.25) is 14.4 Å². The molecule has 0 N–H and O–H groups in total. The van der Waals surface area contributed by atoms with Gasteiger partial charge in [0.2, 0.25) is 0 Å². The topological polar surface area (TPSA) is 78.9 Å². The fraction of sp³-hybridized carbons (Fsp3) is 0.750. The largest absolute Gasteiger partial charge is 0.465 e. The zero-order valence-electron chi connectivity index (χ0n) is 11.4. The van der Waals surface area contributed by atoms with E-state index in [-0.39, 0.29) is 6.61 Å². The number of hydrogen-bond acceptors (Lipinski definition) is 6. The minimum atomic E-state index is -1.67. The van der Waals surface area contributed by atoms with Crippen LogP contribution in [0.5, 0.6) is 0 Å². The first kappa shape index (κ1) is 16.4. The van der Waals surface area contributed by atoms with Gasteiger partial charge in [0.15, 0.2) is 0 Å². The lowest BCUT2D eigenvalue weighted by Crippen LogP contribution is -2.38. The van der Waals surface area contributed by atoms with Gasteiger partial charge in [-0.05, 0) is 34.6 Å². The zero-order valence-corrected chi connectivity index (χ0v) is 11.4. The summed E-state index contributed by atoms with van der Waals surface area (Å²) in [6.07, 6.45) is -0.859. The van der Waals surface area contributed by atoms with Crippen molar-refractivity contribution >= 4 is 17.9 Å². The lowest BCUT2D eigenvalue weighted by atomic mass is 10.1. The summed E-state index contributed by atoms with van der Waals surface area (Å²) in [6.45, 7) is 8.12. The van der Waals surface area contributed by atoms with Crippen LogP contribution in [0.3, 0.4) is 0 Å². The van der Waals surface area contributed by atoms with E-state index in [0.29, 0.717) is 0 Å². The highest BCUT2D eigenvalue weighted by Crippen LogP contribution is 2.10. The molecule has 0 aromatic rings. The maximum atomic E-state index is 11.7. The molecule has 0 aromatic carbocycles. The summed E-state index contributed by atoms with van der Waals surface area (Å²) >= 11 is 0. The van der Waals surface area contributed by atoms with Crippen LogP contribution in [-0.4, -0.2) is 36.7 Å². The van der Waals surface area contributed by atoms with Crippen LogP contribution in [-0.2, 0) is 28.6 Å². The monoisotopic (exact) mass is 260 g/mol. The van der Waals surface area contributed by atoms with Gasteiger partial charge in [0.1, 0.15) is 0 Å². The third-order valence-electron chi connectivity index (χ3n) is 1.70. The van der Waals surface area contributed by atoms with Crippen molar-refractivity contribution in [1.29, 1.82) is 0 Å². The first-order valence-corrected chi connectivity index (χ1v) is 5.87. The van der Waals surface area contributed by atoms with Crippen molar-refractivity contribution in [3.05, 3.63) is 0 Å². The summed E-state index contributed by atoms with van der Waals surface area (Å²) in [4.78, 5) is 34.9. The normalized spacial score (nSPS) is 10.7. The Balaban J connectivity index is 4.87.